The van der Waals surface area contributed by atoms with Crippen LogP contribution >= 0.6 is 0 Å². The lowest BCUT2D eigenvalue weighted by atomic mass is 9.85. The maximum absolute atomic E-state index is 4.64. The summed E-state index contributed by atoms with van der Waals surface area (Å²) in [6, 6.07) is 5.19. The molecule has 3 nitrogen and oxygen atoms in total. The van der Waals surface area contributed by atoms with E-state index < -0.39 is 0 Å². The van der Waals surface area contributed by atoms with Gasteiger partial charge in [-0.05, 0) is 38.8 Å². The summed E-state index contributed by atoms with van der Waals surface area (Å²) < 4.78 is 0. The summed E-state index contributed by atoms with van der Waals surface area (Å²) in [6.07, 6.45) is 7.28. The highest BCUT2D eigenvalue weighted by molar-refractivity contribution is 5.48. The maximum Gasteiger partial charge on any atom is 0.133 e. The zero-order valence-corrected chi connectivity index (χ0v) is 12.7. The van der Waals surface area contributed by atoms with Gasteiger partial charge in [0.25, 0.3) is 0 Å². The summed E-state index contributed by atoms with van der Waals surface area (Å²) in [5, 5.41) is 3.32. The van der Waals surface area contributed by atoms with Gasteiger partial charge in [0.15, 0.2) is 0 Å². The van der Waals surface area contributed by atoms with Crippen molar-refractivity contribution in [2.75, 3.05) is 19.0 Å². The summed E-state index contributed by atoms with van der Waals surface area (Å²) in [6.45, 7) is 4.57. The number of hydrogen-bond acceptors (Lipinski definition) is 3. The monoisotopic (exact) mass is 261 g/mol. The highest BCUT2D eigenvalue weighted by Crippen LogP contribution is 2.32. The van der Waals surface area contributed by atoms with Crippen molar-refractivity contribution in [3.8, 4) is 0 Å². The van der Waals surface area contributed by atoms with Crippen LogP contribution in [-0.4, -0.2) is 25.1 Å². The lowest BCUT2D eigenvalue weighted by molar-refractivity contribution is 0.320. The van der Waals surface area contributed by atoms with Gasteiger partial charge in [-0.15, -0.1) is 0 Å². The third-order valence-electron chi connectivity index (χ3n) is 4.61. The Labute approximate surface area is 117 Å². The van der Waals surface area contributed by atoms with E-state index in [1.165, 1.54) is 31.2 Å². The van der Waals surface area contributed by atoms with Crippen LogP contribution in [0.3, 0.4) is 0 Å². The van der Waals surface area contributed by atoms with Crippen molar-refractivity contribution in [3.05, 3.63) is 23.9 Å². The molecule has 3 atom stereocenters. The first kappa shape index (κ1) is 14.3. The second-order valence-electron chi connectivity index (χ2n) is 5.87. The number of rotatable bonds is 4. The number of nitrogens with one attached hydrogen (secondary N) is 1. The van der Waals surface area contributed by atoms with Gasteiger partial charge in [-0.1, -0.05) is 25.8 Å². The number of anilines is 1. The lowest BCUT2D eigenvalue weighted by Crippen LogP contribution is -2.40. The van der Waals surface area contributed by atoms with Gasteiger partial charge in [-0.3, -0.25) is 0 Å². The van der Waals surface area contributed by atoms with Crippen molar-refractivity contribution in [1.29, 1.82) is 0 Å². The van der Waals surface area contributed by atoms with Gasteiger partial charge >= 0.3 is 0 Å². The smallest absolute Gasteiger partial charge is 0.133 e. The molecule has 1 fully saturated rings. The van der Waals surface area contributed by atoms with E-state index in [2.05, 4.69) is 42.2 Å². The molecule has 0 aliphatic heterocycles. The van der Waals surface area contributed by atoms with Crippen molar-refractivity contribution in [2.45, 2.75) is 51.6 Å². The molecule has 0 aromatic carbocycles. The first-order valence-electron chi connectivity index (χ1n) is 7.50. The minimum Gasteiger partial charge on any atom is -0.356 e. The molecule has 1 aromatic heterocycles. The Balaban J connectivity index is 2.25. The van der Waals surface area contributed by atoms with Crippen molar-refractivity contribution in [3.63, 3.8) is 0 Å². The molecular weight excluding hydrogens is 234 g/mol. The van der Waals surface area contributed by atoms with Gasteiger partial charge in [0.05, 0.1) is 0 Å². The summed E-state index contributed by atoms with van der Waals surface area (Å²) in [7, 11) is 4.21. The van der Waals surface area contributed by atoms with E-state index in [0.717, 1.165) is 11.7 Å². The molecular formula is C16H27N3. The average Bonchev–Trinajstić information content (AvgIpc) is 2.46. The first-order chi connectivity index (χ1) is 9.15. The third kappa shape index (κ3) is 3.08. The van der Waals surface area contributed by atoms with Crippen LogP contribution in [0.25, 0.3) is 0 Å². The quantitative estimate of drug-likeness (QED) is 0.900. The minimum absolute atomic E-state index is 0.338. The zero-order chi connectivity index (χ0) is 13.8. The Morgan fingerprint density at radius 2 is 2.11 bits per heavy atom. The fourth-order valence-corrected chi connectivity index (χ4v) is 3.23. The van der Waals surface area contributed by atoms with Crippen LogP contribution in [0.1, 0.15) is 51.1 Å². The third-order valence-corrected chi connectivity index (χ3v) is 4.61. The Hall–Kier alpha value is -1.09. The molecule has 1 aliphatic carbocycles. The highest BCUT2D eigenvalue weighted by atomic mass is 15.2. The molecule has 0 bridgehead atoms. The molecule has 106 valence electrons. The predicted octanol–water partition coefficient (Wildman–Crippen LogP) is 3.38. The SMILES string of the molecule is CNC(C)c1cccnc1N(C)C1CCCCC1C. The van der Waals surface area contributed by atoms with Crippen LogP contribution in [0.5, 0.6) is 0 Å². The molecule has 1 aliphatic rings. The average molecular weight is 261 g/mol. The molecule has 0 amide bonds. The van der Waals surface area contributed by atoms with Crippen LogP contribution in [-0.2, 0) is 0 Å². The molecule has 19 heavy (non-hydrogen) atoms. The summed E-state index contributed by atoms with van der Waals surface area (Å²) in [5.41, 5.74) is 1.30. The molecule has 3 unspecified atom stereocenters. The Morgan fingerprint density at radius 1 is 1.37 bits per heavy atom. The van der Waals surface area contributed by atoms with Crippen molar-refractivity contribution in [2.24, 2.45) is 5.92 Å². The van der Waals surface area contributed by atoms with Gasteiger partial charge < -0.3 is 10.2 Å². The van der Waals surface area contributed by atoms with E-state index in [1.807, 2.05) is 19.3 Å². The standard InChI is InChI=1S/C16H27N3/c1-12-8-5-6-10-15(12)19(4)16-14(13(2)17-3)9-7-11-18-16/h7,9,11-13,15,17H,5-6,8,10H2,1-4H3. The largest absolute Gasteiger partial charge is 0.356 e. The van der Waals surface area contributed by atoms with Gasteiger partial charge in [0, 0.05) is 30.9 Å². The Kier molecular flexibility index (Phi) is 4.81. The van der Waals surface area contributed by atoms with E-state index in [0.29, 0.717) is 12.1 Å². The Morgan fingerprint density at radius 3 is 2.79 bits per heavy atom. The molecule has 1 saturated carbocycles. The minimum atomic E-state index is 0.338. The van der Waals surface area contributed by atoms with Gasteiger partial charge in [0.1, 0.15) is 5.82 Å². The van der Waals surface area contributed by atoms with E-state index in [1.54, 1.807) is 0 Å². The number of hydrogen-bond donors (Lipinski definition) is 1. The molecule has 1 aromatic rings. The first-order valence-corrected chi connectivity index (χ1v) is 7.50. The normalized spacial score (nSPS) is 25.1. The number of pyridine rings is 1. The molecule has 0 radical (unpaired) electrons. The number of aromatic nitrogens is 1. The van der Waals surface area contributed by atoms with Crippen molar-refractivity contribution < 1.29 is 0 Å². The van der Waals surface area contributed by atoms with E-state index in [4.69, 9.17) is 0 Å². The van der Waals surface area contributed by atoms with Crippen molar-refractivity contribution >= 4 is 5.82 Å². The zero-order valence-electron chi connectivity index (χ0n) is 12.7. The second-order valence-corrected chi connectivity index (χ2v) is 5.87. The summed E-state index contributed by atoms with van der Waals surface area (Å²) in [4.78, 5) is 7.05. The van der Waals surface area contributed by atoms with Gasteiger partial charge in [0.2, 0.25) is 0 Å². The van der Waals surface area contributed by atoms with Crippen LogP contribution in [0.2, 0.25) is 0 Å². The topological polar surface area (TPSA) is 28.2 Å². The van der Waals surface area contributed by atoms with Gasteiger partial charge in [-0.25, -0.2) is 4.98 Å². The van der Waals surface area contributed by atoms with Crippen LogP contribution in [0.4, 0.5) is 5.82 Å². The van der Waals surface area contributed by atoms with E-state index >= 15 is 0 Å². The van der Waals surface area contributed by atoms with E-state index in [-0.39, 0.29) is 0 Å². The van der Waals surface area contributed by atoms with Crippen molar-refractivity contribution in [1.82, 2.24) is 10.3 Å². The van der Waals surface area contributed by atoms with E-state index in [9.17, 15) is 0 Å². The fraction of sp³-hybridized carbons (Fsp3) is 0.688. The Bertz CT molecular complexity index is 405. The molecule has 0 saturated heterocycles. The molecule has 1 N–H and O–H groups in total. The lowest BCUT2D eigenvalue weighted by Gasteiger charge is -2.38. The number of nitrogens with zero attached hydrogens (tertiary/aromatic N) is 2. The highest BCUT2D eigenvalue weighted by Gasteiger charge is 2.27. The summed E-state index contributed by atoms with van der Waals surface area (Å²) >= 11 is 0. The fourth-order valence-electron chi connectivity index (χ4n) is 3.23. The maximum atomic E-state index is 4.64. The predicted molar refractivity (Wildman–Crippen MR) is 81.5 cm³/mol. The van der Waals surface area contributed by atoms with Crippen LogP contribution in [0.15, 0.2) is 18.3 Å². The van der Waals surface area contributed by atoms with Gasteiger partial charge in [-0.2, -0.15) is 0 Å². The summed E-state index contributed by atoms with van der Waals surface area (Å²) in [5.74, 6) is 1.90. The molecule has 2 rings (SSSR count). The molecule has 0 spiro atoms. The molecule has 3 heteroatoms. The molecule has 1 heterocycles. The van der Waals surface area contributed by atoms with Crippen LogP contribution in [0, 0.1) is 5.92 Å². The van der Waals surface area contributed by atoms with Crippen LogP contribution < -0.4 is 10.2 Å². The second kappa shape index (κ2) is 6.38.